The Hall–Kier alpha value is -2.48. The minimum Gasteiger partial charge on any atom is -0.492 e. The molecule has 0 saturated carbocycles. The predicted octanol–water partition coefficient (Wildman–Crippen LogP) is 3.25. The van der Waals surface area contributed by atoms with E-state index in [2.05, 4.69) is 21.8 Å². The normalized spacial score (nSPS) is 21.0. The Bertz CT molecular complexity index is 933. The quantitative estimate of drug-likeness (QED) is 0.664. The molecular formula is C24H31ClN4O3. The highest BCUT2D eigenvalue weighted by Crippen LogP contribution is 2.33. The van der Waals surface area contributed by atoms with Gasteiger partial charge in [-0.2, -0.15) is 0 Å². The van der Waals surface area contributed by atoms with Crippen LogP contribution in [-0.4, -0.2) is 56.7 Å². The molecule has 32 heavy (non-hydrogen) atoms. The number of nitrogens with zero attached hydrogens (tertiary/aromatic N) is 2. The van der Waals surface area contributed by atoms with Crippen LogP contribution in [0.4, 0.5) is 5.69 Å². The Morgan fingerprint density at radius 3 is 2.47 bits per heavy atom. The second kappa shape index (κ2) is 10.4. The monoisotopic (exact) mass is 458 g/mol. The van der Waals surface area contributed by atoms with Crippen LogP contribution in [0.15, 0.2) is 42.5 Å². The van der Waals surface area contributed by atoms with Crippen LogP contribution in [0, 0.1) is 5.92 Å². The zero-order chi connectivity index (χ0) is 22.5. The SMILES string of the molecule is CCOc1ccc(C2NNCC2C(=O)N2CCN(c3ccccc3OCC)CC2)cc1Cl. The number of carbonyl (C=O) groups is 1. The Kier molecular flexibility index (Phi) is 7.40. The molecule has 4 rings (SSSR count). The molecule has 2 aliphatic heterocycles. The first kappa shape index (κ1) is 22.7. The van der Waals surface area contributed by atoms with Crippen molar-refractivity contribution in [2.75, 3.05) is 50.8 Å². The summed E-state index contributed by atoms with van der Waals surface area (Å²) in [5.41, 5.74) is 8.48. The Labute approximate surface area is 194 Å². The predicted molar refractivity (Wildman–Crippen MR) is 126 cm³/mol. The van der Waals surface area contributed by atoms with Gasteiger partial charge in [0, 0.05) is 32.7 Å². The molecule has 2 fully saturated rings. The Morgan fingerprint density at radius 2 is 1.75 bits per heavy atom. The van der Waals surface area contributed by atoms with Gasteiger partial charge in [-0.25, -0.2) is 5.43 Å². The van der Waals surface area contributed by atoms with Gasteiger partial charge in [0.25, 0.3) is 0 Å². The van der Waals surface area contributed by atoms with Crippen LogP contribution in [-0.2, 0) is 4.79 Å². The van der Waals surface area contributed by atoms with Gasteiger partial charge in [0.1, 0.15) is 11.5 Å². The number of ether oxygens (including phenoxy) is 2. The molecule has 2 aromatic rings. The lowest BCUT2D eigenvalue weighted by molar-refractivity contribution is -0.135. The standard InChI is InChI=1S/C24H31ClN4O3/c1-3-31-21-10-9-17(15-19(21)25)23-18(16-26-27-23)24(30)29-13-11-28(12-14-29)20-7-5-6-8-22(20)32-4-2/h5-10,15,18,23,26-27H,3-4,11-14,16H2,1-2H3. The molecule has 2 aromatic carbocycles. The van der Waals surface area contributed by atoms with Gasteiger partial charge in [0.05, 0.1) is 35.9 Å². The van der Waals surface area contributed by atoms with E-state index in [4.69, 9.17) is 21.1 Å². The summed E-state index contributed by atoms with van der Waals surface area (Å²) in [5, 5.41) is 0.561. The van der Waals surface area contributed by atoms with E-state index in [0.717, 1.165) is 30.1 Å². The molecule has 2 atom stereocenters. The van der Waals surface area contributed by atoms with Crippen molar-refractivity contribution in [3.63, 3.8) is 0 Å². The lowest BCUT2D eigenvalue weighted by atomic mass is 9.93. The first-order valence-corrected chi connectivity index (χ1v) is 11.7. The third-order valence-electron chi connectivity index (χ3n) is 6.01. The van der Waals surface area contributed by atoms with Gasteiger partial charge in [-0.15, -0.1) is 0 Å². The maximum Gasteiger partial charge on any atom is 0.229 e. The van der Waals surface area contributed by atoms with Gasteiger partial charge in [0.2, 0.25) is 5.91 Å². The fraction of sp³-hybridized carbons (Fsp3) is 0.458. The van der Waals surface area contributed by atoms with Gasteiger partial charge >= 0.3 is 0 Å². The highest BCUT2D eigenvalue weighted by atomic mass is 35.5. The fourth-order valence-electron chi connectivity index (χ4n) is 4.42. The average Bonchev–Trinajstić information content (AvgIpc) is 3.31. The van der Waals surface area contributed by atoms with Crippen LogP contribution in [0.2, 0.25) is 5.02 Å². The van der Waals surface area contributed by atoms with Crippen molar-refractivity contribution in [2.24, 2.45) is 5.92 Å². The number of anilines is 1. The zero-order valence-electron chi connectivity index (χ0n) is 18.6. The summed E-state index contributed by atoms with van der Waals surface area (Å²) in [7, 11) is 0. The van der Waals surface area contributed by atoms with Gasteiger partial charge in [0.15, 0.2) is 0 Å². The van der Waals surface area contributed by atoms with Crippen molar-refractivity contribution in [1.29, 1.82) is 0 Å². The average molecular weight is 459 g/mol. The van der Waals surface area contributed by atoms with E-state index >= 15 is 0 Å². The van der Waals surface area contributed by atoms with Crippen molar-refractivity contribution in [3.05, 3.63) is 53.1 Å². The molecule has 2 unspecified atom stereocenters. The lowest BCUT2D eigenvalue weighted by Gasteiger charge is -2.38. The van der Waals surface area contributed by atoms with Gasteiger partial charge < -0.3 is 19.3 Å². The highest BCUT2D eigenvalue weighted by Gasteiger charge is 2.37. The van der Waals surface area contributed by atoms with Crippen LogP contribution < -0.4 is 25.2 Å². The summed E-state index contributed by atoms with van der Waals surface area (Å²) in [6.45, 7) is 8.63. The number of nitrogens with one attached hydrogen (secondary N) is 2. The minimum atomic E-state index is -0.189. The molecule has 0 spiro atoms. The van der Waals surface area contributed by atoms with Crippen molar-refractivity contribution in [2.45, 2.75) is 19.9 Å². The molecule has 2 N–H and O–H groups in total. The van der Waals surface area contributed by atoms with E-state index in [9.17, 15) is 4.79 Å². The molecule has 8 heteroatoms. The van der Waals surface area contributed by atoms with Crippen LogP contribution in [0.25, 0.3) is 0 Å². The molecule has 0 aromatic heterocycles. The van der Waals surface area contributed by atoms with Gasteiger partial charge in [-0.1, -0.05) is 29.8 Å². The second-order valence-electron chi connectivity index (χ2n) is 7.95. The fourth-order valence-corrected chi connectivity index (χ4v) is 4.67. The third-order valence-corrected chi connectivity index (χ3v) is 6.31. The van der Waals surface area contributed by atoms with Gasteiger partial charge in [-0.05, 0) is 43.7 Å². The smallest absolute Gasteiger partial charge is 0.229 e. The molecule has 172 valence electrons. The van der Waals surface area contributed by atoms with Crippen molar-refractivity contribution < 1.29 is 14.3 Å². The summed E-state index contributed by atoms with van der Waals surface area (Å²) >= 11 is 6.39. The second-order valence-corrected chi connectivity index (χ2v) is 8.35. The van der Waals surface area contributed by atoms with Crippen LogP contribution >= 0.6 is 11.6 Å². The molecule has 2 heterocycles. The molecule has 1 amide bonds. The number of benzene rings is 2. The number of hydrazine groups is 1. The maximum atomic E-state index is 13.4. The molecule has 0 radical (unpaired) electrons. The first-order valence-electron chi connectivity index (χ1n) is 11.3. The van der Waals surface area contributed by atoms with E-state index in [1.807, 2.05) is 55.1 Å². The number of hydrogen-bond acceptors (Lipinski definition) is 6. The first-order chi connectivity index (χ1) is 15.6. The molecule has 7 nitrogen and oxygen atoms in total. The Morgan fingerprint density at radius 1 is 1.03 bits per heavy atom. The molecule has 0 aliphatic carbocycles. The van der Waals surface area contributed by atoms with E-state index in [-0.39, 0.29) is 17.9 Å². The van der Waals surface area contributed by atoms with Crippen molar-refractivity contribution >= 4 is 23.2 Å². The summed E-state index contributed by atoms with van der Waals surface area (Å²) in [4.78, 5) is 17.7. The van der Waals surface area contributed by atoms with Crippen LogP contribution in [0.5, 0.6) is 11.5 Å². The molecule has 0 bridgehead atoms. The Balaban J connectivity index is 1.41. The number of hydrogen-bond donors (Lipinski definition) is 2. The summed E-state index contributed by atoms with van der Waals surface area (Å²) in [6, 6.07) is 13.7. The summed E-state index contributed by atoms with van der Waals surface area (Å²) in [5.74, 6) is 1.53. The van der Waals surface area contributed by atoms with E-state index in [0.29, 0.717) is 43.6 Å². The molecule has 2 saturated heterocycles. The zero-order valence-corrected chi connectivity index (χ0v) is 19.4. The van der Waals surface area contributed by atoms with E-state index in [1.54, 1.807) is 0 Å². The molecular weight excluding hydrogens is 428 g/mol. The number of piperazine rings is 1. The van der Waals surface area contributed by atoms with Crippen LogP contribution in [0.1, 0.15) is 25.5 Å². The number of rotatable bonds is 7. The number of para-hydroxylation sites is 2. The van der Waals surface area contributed by atoms with Gasteiger partial charge in [-0.3, -0.25) is 10.2 Å². The van der Waals surface area contributed by atoms with E-state index < -0.39 is 0 Å². The lowest BCUT2D eigenvalue weighted by Crippen LogP contribution is -2.51. The highest BCUT2D eigenvalue weighted by molar-refractivity contribution is 6.32. The maximum absolute atomic E-state index is 13.4. The summed E-state index contributed by atoms with van der Waals surface area (Å²) < 4.78 is 11.3. The molecule has 2 aliphatic rings. The third kappa shape index (κ3) is 4.80. The number of amides is 1. The van der Waals surface area contributed by atoms with Crippen LogP contribution in [0.3, 0.4) is 0 Å². The number of carbonyl (C=O) groups excluding carboxylic acids is 1. The van der Waals surface area contributed by atoms with E-state index in [1.165, 1.54) is 0 Å². The topological polar surface area (TPSA) is 66.1 Å². The largest absolute Gasteiger partial charge is 0.492 e. The summed E-state index contributed by atoms with van der Waals surface area (Å²) in [6.07, 6.45) is 0. The minimum absolute atomic E-state index is 0.132. The van der Waals surface area contributed by atoms with Crippen molar-refractivity contribution in [3.8, 4) is 11.5 Å². The van der Waals surface area contributed by atoms with Crippen molar-refractivity contribution in [1.82, 2.24) is 15.8 Å². The number of halogens is 1.